The molecule has 0 saturated heterocycles. The summed E-state index contributed by atoms with van der Waals surface area (Å²) in [6.07, 6.45) is 2.99. The first-order valence-electron chi connectivity index (χ1n) is 6.38. The molecular formula is C14H24N2O. The van der Waals surface area contributed by atoms with Crippen molar-refractivity contribution in [1.82, 2.24) is 10.3 Å². The van der Waals surface area contributed by atoms with Gasteiger partial charge in [0.2, 0.25) is 0 Å². The zero-order valence-corrected chi connectivity index (χ0v) is 11.2. The Kier molecular flexibility index (Phi) is 6.82. The first-order valence-corrected chi connectivity index (χ1v) is 6.38. The van der Waals surface area contributed by atoms with Gasteiger partial charge >= 0.3 is 0 Å². The molecular weight excluding hydrogens is 212 g/mol. The molecule has 0 fully saturated rings. The molecule has 0 saturated carbocycles. The maximum Gasteiger partial charge on any atom is 0.0489 e. The third-order valence-corrected chi connectivity index (χ3v) is 2.40. The van der Waals surface area contributed by atoms with Crippen LogP contribution >= 0.6 is 0 Å². The average molecular weight is 236 g/mol. The highest BCUT2D eigenvalue weighted by molar-refractivity contribution is 5.12. The van der Waals surface area contributed by atoms with Gasteiger partial charge in [-0.3, -0.25) is 4.98 Å². The molecule has 1 N–H and O–H groups in total. The molecule has 0 unspecified atom stereocenters. The van der Waals surface area contributed by atoms with Gasteiger partial charge in [0.05, 0.1) is 0 Å². The number of aryl methyl sites for hydroxylation is 1. The van der Waals surface area contributed by atoms with E-state index in [1.165, 1.54) is 5.56 Å². The molecule has 3 heteroatoms. The van der Waals surface area contributed by atoms with Gasteiger partial charge < -0.3 is 10.1 Å². The van der Waals surface area contributed by atoms with Gasteiger partial charge in [-0.2, -0.15) is 0 Å². The molecule has 0 aliphatic carbocycles. The van der Waals surface area contributed by atoms with E-state index in [0.717, 1.165) is 38.4 Å². The van der Waals surface area contributed by atoms with Crippen molar-refractivity contribution in [3.63, 3.8) is 0 Å². The molecule has 0 spiro atoms. The third-order valence-electron chi connectivity index (χ3n) is 2.40. The molecule has 3 nitrogen and oxygen atoms in total. The van der Waals surface area contributed by atoms with Crippen LogP contribution in [0.4, 0.5) is 0 Å². The summed E-state index contributed by atoms with van der Waals surface area (Å²) in [5.74, 6) is 0.626. The number of nitrogens with zero attached hydrogens (tertiary/aromatic N) is 1. The largest absolute Gasteiger partial charge is 0.381 e. The topological polar surface area (TPSA) is 34.1 Å². The van der Waals surface area contributed by atoms with Crippen LogP contribution in [0.2, 0.25) is 0 Å². The predicted molar refractivity (Wildman–Crippen MR) is 71.0 cm³/mol. The summed E-state index contributed by atoms with van der Waals surface area (Å²) >= 11 is 0. The molecule has 0 aliphatic rings. The standard InChI is InChI=1S/C14H24N2O/c1-12(2)11-17-8-4-7-15-9-14-6-5-13(3)16-10-14/h5-6,10,12,15H,4,7-9,11H2,1-3H3. The van der Waals surface area contributed by atoms with Crippen LogP contribution in [0, 0.1) is 12.8 Å². The lowest BCUT2D eigenvalue weighted by Gasteiger charge is -2.07. The highest BCUT2D eigenvalue weighted by Gasteiger charge is 1.95. The van der Waals surface area contributed by atoms with Crippen molar-refractivity contribution in [2.45, 2.75) is 33.7 Å². The molecule has 0 aliphatic heterocycles. The molecule has 0 bridgehead atoms. The monoisotopic (exact) mass is 236 g/mol. The second-order valence-electron chi connectivity index (χ2n) is 4.81. The average Bonchev–Trinajstić information content (AvgIpc) is 2.30. The molecule has 1 aromatic heterocycles. The van der Waals surface area contributed by atoms with Gasteiger partial charge in [-0.25, -0.2) is 0 Å². The molecule has 17 heavy (non-hydrogen) atoms. The Labute approximate surface area is 105 Å². The predicted octanol–water partition coefficient (Wildman–Crippen LogP) is 2.54. The molecule has 0 atom stereocenters. The second kappa shape index (κ2) is 8.20. The maximum atomic E-state index is 5.51. The molecule has 0 amide bonds. The number of aromatic nitrogens is 1. The number of hydrogen-bond acceptors (Lipinski definition) is 3. The van der Waals surface area contributed by atoms with Crippen molar-refractivity contribution in [1.29, 1.82) is 0 Å². The van der Waals surface area contributed by atoms with E-state index in [2.05, 4.69) is 30.2 Å². The maximum absolute atomic E-state index is 5.51. The fourth-order valence-corrected chi connectivity index (χ4v) is 1.45. The van der Waals surface area contributed by atoms with Crippen LogP contribution in [0.1, 0.15) is 31.5 Å². The first-order chi connectivity index (χ1) is 8.18. The summed E-state index contributed by atoms with van der Waals surface area (Å²) in [7, 11) is 0. The Hall–Kier alpha value is -0.930. The van der Waals surface area contributed by atoms with Gasteiger partial charge in [-0.15, -0.1) is 0 Å². The fraction of sp³-hybridized carbons (Fsp3) is 0.643. The van der Waals surface area contributed by atoms with Crippen LogP contribution in [0.3, 0.4) is 0 Å². The summed E-state index contributed by atoms with van der Waals surface area (Å²) in [5, 5.41) is 3.39. The van der Waals surface area contributed by atoms with Crippen molar-refractivity contribution >= 4 is 0 Å². The Morgan fingerprint density at radius 1 is 1.35 bits per heavy atom. The summed E-state index contributed by atoms with van der Waals surface area (Å²) < 4.78 is 5.51. The van der Waals surface area contributed by atoms with Crippen molar-refractivity contribution < 1.29 is 4.74 Å². The van der Waals surface area contributed by atoms with E-state index in [1.54, 1.807) is 0 Å². The van der Waals surface area contributed by atoms with Crippen LogP contribution in [0.5, 0.6) is 0 Å². The van der Waals surface area contributed by atoms with Gasteiger partial charge in [0.1, 0.15) is 0 Å². The van der Waals surface area contributed by atoms with E-state index in [0.29, 0.717) is 5.92 Å². The molecule has 0 aromatic carbocycles. The van der Waals surface area contributed by atoms with Crippen molar-refractivity contribution in [3.8, 4) is 0 Å². The normalized spacial score (nSPS) is 11.1. The van der Waals surface area contributed by atoms with Crippen molar-refractivity contribution in [2.24, 2.45) is 5.92 Å². The van der Waals surface area contributed by atoms with Gasteiger partial charge in [-0.05, 0) is 37.4 Å². The zero-order chi connectivity index (χ0) is 12.5. The molecule has 1 aromatic rings. The Balaban J connectivity index is 1.99. The molecule has 1 heterocycles. The molecule has 0 radical (unpaired) electrons. The van der Waals surface area contributed by atoms with E-state index in [-0.39, 0.29) is 0 Å². The quantitative estimate of drug-likeness (QED) is 0.704. The van der Waals surface area contributed by atoms with Crippen LogP contribution < -0.4 is 5.32 Å². The van der Waals surface area contributed by atoms with Crippen LogP contribution in [0.15, 0.2) is 18.3 Å². The van der Waals surface area contributed by atoms with E-state index < -0.39 is 0 Å². The second-order valence-corrected chi connectivity index (χ2v) is 4.81. The smallest absolute Gasteiger partial charge is 0.0489 e. The Bertz CT molecular complexity index is 296. The van der Waals surface area contributed by atoms with Gasteiger partial charge in [0.25, 0.3) is 0 Å². The first kappa shape index (κ1) is 14.1. The Morgan fingerprint density at radius 3 is 2.82 bits per heavy atom. The van der Waals surface area contributed by atoms with E-state index in [9.17, 15) is 0 Å². The van der Waals surface area contributed by atoms with E-state index >= 15 is 0 Å². The number of pyridine rings is 1. The zero-order valence-electron chi connectivity index (χ0n) is 11.2. The SMILES string of the molecule is Cc1ccc(CNCCCOCC(C)C)cn1. The highest BCUT2D eigenvalue weighted by Crippen LogP contribution is 1.98. The molecule has 96 valence electrons. The fourth-order valence-electron chi connectivity index (χ4n) is 1.45. The Morgan fingerprint density at radius 2 is 2.18 bits per heavy atom. The summed E-state index contributed by atoms with van der Waals surface area (Å²) in [4.78, 5) is 4.26. The molecule has 1 rings (SSSR count). The lowest BCUT2D eigenvalue weighted by Crippen LogP contribution is -2.17. The van der Waals surface area contributed by atoms with Crippen molar-refractivity contribution in [3.05, 3.63) is 29.6 Å². The van der Waals surface area contributed by atoms with E-state index in [4.69, 9.17) is 4.74 Å². The van der Waals surface area contributed by atoms with Gasteiger partial charge in [0.15, 0.2) is 0 Å². The summed E-state index contributed by atoms with van der Waals surface area (Å²) in [6.45, 7) is 9.93. The van der Waals surface area contributed by atoms with Gasteiger partial charge in [-0.1, -0.05) is 19.9 Å². The number of ether oxygens (including phenoxy) is 1. The number of nitrogens with one attached hydrogen (secondary N) is 1. The highest BCUT2D eigenvalue weighted by atomic mass is 16.5. The lowest BCUT2D eigenvalue weighted by atomic mass is 10.2. The van der Waals surface area contributed by atoms with Crippen molar-refractivity contribution in [2.75, 3.05) is 19.8 Å². The lowest BCUT2D eigenvalue weighted by molar-refractivity contribution is 0.108. The minimum absolute atomic E-state index is 0.626. The number of rotatable bonds is 8. The van der Waals surface area contributed by atoms with E-state index in [1.807, 2.05) is 19.2 Å². The third kappa shape index (κ3) is 7.08. The van der Waals surface area contributed by atoms with Crippen LogP contribution in [0.25, 0.3) is 0 Å². The summed E-state index contributed by atoms with van der Waals surface area (Å²) in [5.41, 5.74) is 2.30. The minimum atomic E-state index is 0.626. The number of hydrogen-bond donors (Lipinski definition) is 1. The summed E-state index contributed by atoms with van der Waals surface area (Å²) in [6, 6.07) is 4.16. The minimum Gasteiger partial charge on any atom is -0.381 e. The van der Waals surface area contributed by atoms with Crippen LogP contribution in [-0.4, -0.2) is 24.7 Å². The van der Waals surface area contributed by atoms with Crippen LogP contribution in [-0.2, 0) is 11.3 Å². The van der Waals surface area contributed by atoms with Gasteiger partial charge in [0, 0.05) is 31.6 Å².